The van der Waals surface area contributed by atoms with Crippen molar-refractivity contribution in [3.63, 3.8) is 0 Å². The topological polar surface area (TPSA) is 25.2 Å². The molecule has 2 nitrogen and oxygen atoms in total. The second-order valence-electron chi connectivity index (χ2n) is 5.78. The van der Waals surface area contributed by atoms with Crippen molar-refractivity contribution in [1.82, 2.24) is 4.98 Å². The number of rotatable bonds is 4. The molecule has 0 aliphatic rings. The largest absolute Gasteiger partial charge is 2.00 e. The number of benzene rings is 3. The molecule has 132 valence electrons. The maximum Gasteiger partial charge on any atom is 2.00 e. The zero-order valence-corrected chi connectivity index (χ0v) is 16.0. The fourth-order valence-electron chi connectivity index (χ4n) is 2.74. The molecule has 0 bridgehead atoms. The molecule has 0 fully saturated rings. The van der Waals surface area contributed by atoms with Crippen LogP contribution in [0.4, 0.5) is 5.69 Å². The Balaban J connectivity index is 0.00000210. The molecule has 4 rings (SSSR count). The third-order valence-electron chi connectivity index (χ3n) is 3.99. The van der Waals surface area contributed by atoms with E-state index in [0.717, 1.165) is 33.8 Å². The van der Waals surface area contributed by atoms with Crippen LogP contribution < -0.4 is 0 Å². The zero-order valence-electron chi connectivity index (χ0n) is 14.4. The Bertz CT molecular complexity index is 1030. The van der Waals surface area contributed by atoms with Crippen molar-refractivity contribution in [1.29, 1.82) is 0 Å². The number of hydrogen-bond acceptors (Lipinski definition) is 2. The third-order valence-corrected chi connectivity index (χ3v) is 3.99. The van der Waals surface area contributed by atoms with Crippen LogP contribution in [0.25, 0.3) is 22.4 Å². The number of nitrogens with zero attached hydrogens (tertiary/aromatic N) is 2. The summed E-state index contributed by atoms with van der Waals surface area (Å²) < 4.78 is 0. The van der Waals surface area contributed by atoms with Crippen LogP contribution in [0.1, 0.15) is 5.69 Å². The summed E-state index contributed by atoms with van der Waals surface area (Å²) >= 11 is 0. The first-order valence-corrected chi connectivity index (χ1v) is 8.44. The van der Waals surface area contributed by atoms with E-state index >= 15 is 0 Å². The molecule has 0 radical (unpaired) electrons. The van der Waals surface area contributed by atoms with Gasteiger partial charge in [-0.05, 0) is 17.8 Å². The summed E-state index contributed by atoms with van der Waals surface area (Å²) in [5, 5.41) is 0. The molecule has 0 aliphatic carbocycles. The summed E-state index contributed by atoms with van der Waals surface area (Å²) in [6, 6.07) is 36.2. The van der Waals surface area contributed by atoms with Crippen molar-refractivity contribution >= 4 is 11.9 Å². The van der Waals surface area contributed by atoms with Crippen LogP contribution in [-0.2, 0) is 20.4 Å². The van der Waals surface area contributed by atoms with E-state index in [2.05, 4.69) is 28.2 Å². The minimum absolute atomic E-state index is 0. The zero-order chi connectivity index (χ0) is 17.6. The molecule has 1 aromatic heterocycles. The van der Waals surface area contributed by atoms with E-state index in [9.17, 15) is 0 Å². The fourth-order valence-corrected chi connectivity index (χ4v) is 2.74. The number of aromatic nitrogens is 1. The minimum atomic E-state index is 0. The Kier molecular flexibility index (Phi) is 6.44. The van der Waals surface area contributed by atoms with Crippen molar-refractivity contribution < 1.29 is 20.4 Å². The van der Waals surface area contributed by atoms with E-state index in [0.29, 0.717) is 0 Å². The standard InChI is InChI=1S/C24H16N2.Pd/c1-3-10-19(11-4-1)22-15-7-8-16-24(22)25-18-21-14-9-17-23(26-21)20-12-5-2-6-13-20;/h1-10,12,14-18H;/q-2;+2. The van der Waals surface area contributed by atoms with Crippen LogP contribution in [0.15, 0.2) is 96.0 Å². The molecular weight excluding hydrogens is 423 g/mol. The molecule has 0 aliphatic heterocycles. The molecule has 27 heavy (non-hydrogen) atoms. The van der Waals surface area contributed by atoms with Gasteiger partial charge in [-0.3, -0.25) is 9.98 Å². The molecule has 0 spiro atoms. The van der Waals surface area contributed by atoms with Crippen molar-refractivity contribution in [3.05, 3.63) is 109 Å². The molecule has 4 aromatic rings. The molecule has 0 saturated carbocycles. The van der Waals surface area contributed by atoms with Crippen LogP contribution in [0.2, 0.25) is 0 Å². The molecular formula is C24H16N2Pd. The molecule has 0 atom stereocenters. The van der Waals surface area contributed by atoms with Gasteiger partial charge in [-0.15, -0.1) is 71.8 Å². The van der Waals surface area contributed by atoms with E-state index in [1.807, 2.05) is 84.9 Å². The second kappa shape index (κ2) is 9.19. The van der Waals surface area contributed by atoms with Gasteiger partial charge in [0, 0.05) is 5.69 Å². The van der Waals surface area contributed by atoms with E-state index < -0.39 is 0 Å². The minimum Gasteiger partial charge on any atom is -0.295 e. The Morgan fingerprint density at radius 3 is 2.15 bits per heavy atom. The van der Waals surface area contributed by atoms with Gasteiger partial charge < -0.3 is 0 Å². The fraction of sp³-hybridized carbons (Fsp3) is 0. The normalized spacial score (nSPS) is 10.5. The van der Waals surface area contributed by atoms with E-state index in [4.69, 9.17) is 0 Å². The van der Waals surface area contributed by atoms with Gasteiger partial charge in [0.25, 0.3) is 0 Å². The van der Waals surface area contributed by atoms with E-state index in [1.165, 1.54) is 0 Å². The van der Waals surface area contributed by atoms with E-state index in [1.54, 1.807) is 6.21 Å². The maximum absolute atomic E-state index is 4.67. The van der Waals surface area contributed by atoms with Crippen molar-refractivity contribution in [2.75, 3.05) is 0 Å². The summed E-state index contributed by atoms with van der Waals surface area (Å²) in [6.07, 6.45) is 1.80. The van der Waals surface area contributed by atoms with Crippen molar-refractivity contribution in [2.45, 2.75) is 0 Å². The average molecular weight is 439 g/mol. The number of hydrogen-bond donors (Lipinski definition) is 0. The molecule has 3 heteroatoms. The number of para-hydroxylation sites is 1. The summed E-state index contributed by atoms with van der Waals surface area (Å²) in [5.41, 5.74) is 5.65. The van der Waals surface area contributed by atoms with Crippen molar-refractivity contribution in [2.24, 2.45) is 4.99 Å². The van der Waals surface area contributed by atoms with Crippen LogP contribution in [0.3, 0.4) is 0 Å². The Morgan fingerprint density at radius 1 is 0.704 bits per heavy atom. The van der Waals surface area contributed by atoms with Gasteiger partial charge in [0.1, 0.15) is 0 Å². The SMILES string of the molecule is [Pd+2].[c-]1ccccc1-c1cccc(C=Nc2ccccc2-c2[c-]cccc2)n1. The quantitative estimate of drug-likeness (QED) is 0.226. The summed E-state index contributed by atoms with van der Waals surface area (Å²) in [5.74, 6) is 0. The van der Waals surface area contributed by atoms with E-state index in [-0.39, 0.29) is 20.4 Å². The van der Waals surface area contributed by atoms with Gasteiger partial charge in [-0.2, -0.15) is 0 Å². The first kappa shape index (κ1) is 18.9. The molecule has 0 N–H and O–H groups in total. The number of aliphatic imine (C=N–C) groups is 1. The van der Waals surface area contributed by atoms with Gasteiger partial charge in [0.15, 0.2) is 0 Å². The average Bonchev–Trinajstić information content (AvgIpc) is 2.74. The smallest absolute Gasteiger partial charge is 0.295 e. The maximum atomic E-state index is 4.67. The Labute approximate surface area is 173 Å². The molecule has 0 unspecified atom stereocenters. The monoisotopic (exact) mass is 438 g/mol. The van der Waals surface area contributed by atoms with Crippen LogP contribution in [0.5, 0.6) is 0 Å². The van der Waals surface area contributed by atoms with Gasteiger partial charge in [-0.25, -0.2) is 0 Å². The van der Waals surface area contributed by atoms with Gasteiger partial charge in [0.2, 0.25) is 0 Å². The predicted molar refractivity (Wildman–Crippen MR) is 106 cm³/mol. The molecule has 0 amide bonds. The van der Waals surface area contributed by atoms with Crippen LogP contribution in [-0.4, -0.2) is 11.2 Å². The van der Waals surface area contributed by atoms with Gasteiger partial charge >= 0.3 is 20.4 Å². The Hall–Kier alpha value is -2.86. The summed E-state index contributed by atoms with van der Waals surface area (Å²) in [6.45, 7) is 0. The first-order chi connectivity index (χ1) is 12.9. The molecule has 1 heterocycles. The third kappa shape index (κ3) is 4.65. The second-order valence-corrected chi connectivity index (χ2v) is 5.78. The van der Waals surface area contributed by atoms with Crippen LogP contribution >= 0.6 is 0 Å². The van der Waals surface area contributed by atoms with Gasteiger partial charge in [-0.1, -0.05) is 35.9 Å². The predicted octanol–water partition coefficient (Wildman–Crippen LogP) is 5.76. The summed E-state index contributed by atoms with van der Waals surface area (Å²) in [7, 11) is 0. The molecule has 3 aromatic carbocycles. The van der Waals surface area contributed by atoms with Gasteiger partial charge in [0.05, 0.1) is 11.9 Å². The first-order valence-electron chi connectivity index (χ1n) is 8.44. The van der Waals surface area contributed by atoms with Crippen molar-refractivity contribution in [3.8, 4) is 22.4 Å². The van der Waals surface area contributed by atoms with Crippen LogP contribution in [0, 0.1) is 12.1 Å². The Morgan fingerprint density at radius 2 is 1.41 bits per heavy atom. The number of pyridine rings is 1. The summed E-state index contributed by atoms with van der Waals surface area (Å²) in [4.78, 5) is 9.34. The molecule has 0 saturated heterocycles.